The topological polar surface area (TPSA) is 15.0 Å². The maximum absolute atomic E-state index is 12.2. The van der Waals surface area contributed by atoms with Gasteiger partial charge in [0, 0.05) is 6.54 Å². The van der Waals surface area contributed by atoms with Gasteiger partial charge in [-0.25, -0.2) is 8.78 Å². The Hall–Kier alpha value is -0.220. The molecule has 2 heterocycles. The molecule has 0 aromatic rings. The van der Waals surface area contributed by atoms with Gasteiger partial charge in [0.25, 0.3) is 0 Å². The largest absolute Gasteiger partial charge is 0.267 e. The fourth-order valence-electron chi connectivity index (χ4n) is 1.00. The summed E-state index contributed by atoms with van der Waals surface area (Å²) in [4.78, 5) is 1.44. The molecule has 2 nitrogen and oxygen atoms in total. The van der Waals surface area contributed by atoms with Crippen LogP contribution >= 0.6 is 0 Å². The Morgan fingerprint density at radius 3 is 2.50 bits per heavy atom. The number of rotatable bonds is 0. The summed E-state index contributed by atoms with van der Waals surface area (Å²) in [6, 6.07) is 0. The molecule has 0 aliphatic carbocycles. The first-order valence-electron chi connectivity index (χ1n) is 2.59. The fourth-order valence-corrected chi connectivity index (χ4v) is 1.00. The van der Waals surface area contributed by atoms with E-state index in [4.69, 9.17) is 0 Å². The Morgan fingerprint density at radius 1 is 1.50 bits per heavy atom. The molecule has 0 bridgehead atoms. The molecule has 0 aromatic heterocycles. The second-order valence-electron chi connectivity index (χ2n) is 2.15. The zero-order valence-corrected chi connectivity index (χ0v) is 4.14. The van der Waals surface area contributed by atoms with Gasteiger partial charge in [0.15, 0.2) is 12.6 Å². The molecule has 46 valence electrons. The van der Waals surface area contributed by atoms with E-state index in [0.717, 1.165) is 0 Å². The van der Waals surface area contributed by atoms with E-state index in [9.17, 15) is 8.78 Å². The molecule has 2 aliphatic heterocycles. The van der Waals surface area contributed by atoms with Gasteiger partial charge in [-0.2, -0.15) is 0 Å². The first kappa shape index (κ1) is 4.64. The molecule has 0 aromatic carbocycles. The van der Waals surface area contributed by atoms with Crippen LogP contribution in [0.25, 0.3) is 0 Å². The third-order valence-corrected chi connectivity index (χ3v) is 1.56. The highest BCUT2D eigenvalue weighted by molar-refractivity contribution is 4.98. The van der Waals surface area contributed by atoms with E-state index in [1.54, 1.807) is 0 Å². The van der Waals surface area contributed by atoms with E-state index in [-0.39, 0.29) is 6.17 Å². The highest BCUT2D eigenvalue weighted by Gasteiger charge is 2.52. The molecule has 0 spiro atoms. The summed E-state index contributed by atoms with van der Waals surface area (Å²) in [5.74, 6) is 0. The normalized spacial score (nSPS) is 60.8. The van der Waals surface area contributed by atoms with Crippen LogP contribution in [0, 0.1) is 0 Å². The van der Waals surface area contributed by atoms with Crippen molar-refractivity contribution in [1.82, 2.24) is 10.2 Å². The van der Waals surface area contributed by atoms with Crippen LogP contribution in [0.2, 0.25) is 0 Å². The summed E-state index contributed by atoms with van der Waals surface area (Å²) < 4.78 is 24.3. The lowest BCUT2D eigenvalue weighted by molar-refractivity contribution is 0.110. The minimum atomic E-state index is -1.45. The molecule has 2 fully saturated rings. The van der Waals surface area contributed by atoms with Crippen molar-refractivity contribution in [2.45, 2.75) is 18.8 Å². The summed E-state index contributed by atoms with van der Waals surface area (Å²) in [5.41, 5.74) is 0. The minimum absolute atomic E-state index is 0.000000000000000222. The van der Waals surface area contributed by atoms with Gasteiger partial charge in [0.05, 0.1) is 6.17 Å². The van der Waals surface area contributed by atoms with Gasteiger partial charge < -0.3 is 0 Å². The van der Waals surface area contributed by atoms with Crippen LogP contribution in [0.15, 0.2) is 0 Å². The number of hydrogen-bond acceptors (Lipinski definition) is 2. The van der Waals surface area contributed by atoms with E-state index in [1.165, 1.54) is 4.90 Å². The maximum Gasteiger partial charge on any atom is 0.200 e. The Labute approximate surface area is 45.5 Å². The van der Waals surface area contributed by atoms with Crippen molar-refractivity contribution in [2.24, 2.45) is 0 Å². The van der Waals surface area contributed by atoms with Crippen LogP contribution in [0.4, 0.5) is 8.78 Å². The van der Waals surface area contributed by atoms with Crippen molar-refractivity contribution in [3.05, 3.63) is 0 Å². The monoisotopic (exact) mass is 120 g/mol. The average molecular weight is 120 g/mol. The molecule has 4 heteroatoms. The number of hydrogen-bond donors (Lipinski definition) is 1. The zero-order chi connectivity index (χ0) is 5.72. The SMILES string of the molecule is FC1NC2CN2C1F. The number of fused-ring (bicyclic) bond motifs is 1. The third kappa shape index (κ3) is 0.418. The highest BCUT2D eigenvalue weighted by atomic mass is 19.2. The van der Waals surface area contributed by atoms with Crippen molar-refractivity contribution in [3.8, 4) is 0 Å². The van der Waals surface area contributed by atoms with E-state index < -0.39 is 12.6 Å². The van der Waals surface area contributed by atoms with Gasteiger partial charge in [-0.1, -0.05) is 0 Å². The average Bonchev–Trinajstić information content (AvgIpc) is 2.39. The standard InChI is InChI=1S/C4H6F2N2/c5-3-4(6)8-1-2(8)7-3/h2-4,7H,1H2. The van der Waals surface area contributed by atoms with Gasteiger partial charge in [0.2, 0.25) is 0 Å². The van der Waals surface area contributed by atoms with Crippen LogP contribution in [0.1, 0.15) is 0 Å². The Morgan fingerprint density at radius 2 is 2.25 bits per heavy atom. The molecule has 8 heavy (non-hydrogen) atoms. The molecule has 2 saturated heterocycles. The van der Waals surface area contributed by atoms with Crippen LogP contribution in [-0.2, 0) is 0 Å². The quantitative estimate of drug-likeness (QED) is 0.352. The van der Waals surface area contributed by atoms with Crippen LogP contribution < -0.4 is 5.32 Å². The van der Waals surface area contributed by atoms with Crippen LogP contribution in [-0.4, -0.2) is 30.2 Å². The zero-order valence-electron chi connectivity index (χ0n) is 4.14. The first-order chi connectivity index (χ1) is 3.79. The smallest absolute Gasteiger partial charge is 0.200 e. The molecule has 4 atom stereocenters. The van der Waals surface area contributed by atoms with Crippen molar-refractivity contribution in [3.63, 3.8) is 0 Å². The molecule has 0 radical (unpaired) electrons. The first-order valence-corrected chi connectivity index (χ1v) is 2.59. The predicted molar refractivity (Wildman–Crippen MR) is 23.4 cm³/mol. The van der Waals surface area contributed by atoms with Crippen LogP contribution in [0.5, 0.6) is 0 Å². The van der Waals surface area contributed by atoms with E-state index in [0.29, 0.717) is 6.54 Å². The second-order valence-corrected chi connectivity index (χ2v) is 2.15. The number of piperazine rings is 1. The molecule has 1 N–H and O–H groups in total. The Balaban J connectivity index is 2.08. The summed E-state index contributed by atoms with van der Waals surface area (Å²) in [6.07, 6.45) is -2.84. The molecule has 2 rings (SSSR count). The third-order valence-electron chi connectivity index (χ3n) is 1.56. The van der Waals surface area contributed by atoms with E-state index >= 15 is 0 Å². The van der Waals surface area contributed by atoms with Crippen molar-refractivity contribution >= 4 is 0 Å². The molecular weight excluding hydrogens is 114 g/mol. The van der Waals surface area contributed by atoms with Crippen molar-refractivity contribution in [2.75, 3.05) is 6.54 Å². The molecule has 0 saturated carbocycles. The number of halogens is 2. The van der Waals surface area contributed by atoms with Gasteiger partial charge in [-0.15, -0.1) is 0 Å². The predicted octanol–water partition coefficient (Wildman–Crippen LogP) is -0.177. The van der Waals surface area contributed by atoms with Gasteiger partial charge in [0.1, 0.15) is 0 Å². The van der Waals surface area contributed by atoms with Crippen molar-refractivity contribution < 1.29 is 8.78 Å². The Bertz CT molecular complexity index is 117. The highest BCUT2D eigenvalue weighted by Crippen LogP contribution is 2.29. The summed E-state index contributed by atoms with van der Waals surface area (Å²) in [7, 11) is 0. The Kier molecular flexibility index (Phi) is 0.692. The maximum atomic E-state index is 12.2. The minimum Gasteiger partial charge on any atom is -0.267 e. The van der Waals surface area contributed by atoms with Gasteiger partial charge >= 0.3 is 0 Å². The molecule has 0 amide bonds. The van der Waals surface area contributed by atoms with E-state index in [1.807, 2.05) is 0 Å². The molecule has 4 unspecified atom stereocenters. The molecule has 2 aliphatic rings. The van der Waals surface area contributed by atoms with Gasteiger partial charge in [-0.05, 0) is 0 Å². The van der Waals surface area contributed by atoms with Gasteiger partial charge in [-0.3, -0.25) is 10.2 Å². The van der Waals surface area contributed by atoms with E-state index in [2.05, 4.69) is 5.32 Å². The fraction of sp³-hybridized carbons (Fsp3) is 1.00. The summed E-state index contributed by atoms with van der Waals surface area (Å²) in [6.45, 7) is 0.668. The van der Waals surface area contributed by atoms with Crippen LogP contribution in [0.3, 0.4) is 0 Å². The summed E-state index contributed by atoms with van der Waals surface area (Å²) in [5, 5.41) is 2.42. The number of nitrogens with zero attached hydrogens (tertiary/aromatic N) is 1. The molecular formula is C4H6F2N2. The number of alkyl halides is 2. The lowest BCUT2D eigenvalue weighted by Gasteiger charge is -2.04. The lowest BCUT2D eigenvalue weighted by Crippen LogP contribution is -2.29. The second kappa shape index (κ2) is 1.19. The number of nitrogens with one attached hydrogen (secondary N) is 1. The van der Waals surface area contributed by atoms with Crippen molar-refractivity contribution in [1.29, 1.82) is 0 Å². The summed E-state index contributed by atoms with van der Waals surface area (Å²) >= 11 is 0. The lowest BCUT2D eigenvalue weighted by atomic mass is 10.5.